The van der Waals surface area contributed by atoms with Gasteiger partial charge in [-0.25, -0.2) is 0 Å². The van der Waals surface area contributed by atoms with Crippen molar-refractivity contribution in [3.05, 3.63) is 230 Å². The topological polar surface area (TPSA) is 0 Å². The number of rotatable bonds is 5. The van der Waals surface area contributed by atoms with E-state index < -0.39 is 0 Å². The lowest BCUT2D eigenvalue weighted by molar-refractivity contribution is 1.66. The third kappa shape index (κ3) is 5.14. The van der Waals surface area contributed by atoms with Gasteiger partial charge in [0, 0.05) is 0 Å². The first-order valence-electron chi connectivity index (χ1n) is 21.6. The summed E-state index contributed by atoms with van der Waals surface area (Å²) in [6, 6.07) is 80.8. The largest absolute Gasteiger partial charge is 0.0616 e. The zero-order chi connectivity index (χ0) is 40.7. The number of hydrogen-bond acceptors (Lipinski definition) is 0. The van der Waals surface area contributed by atoms with Crippen molar-refractivity contribution in [3.63, 3.8) is 0 Å². The standard InChI is InChI=1S/C62H38/c1-2-17-42-39(15-1)16-13-28-46(42)50-35-33-40(43-18-3-5-20-45(43)50)31-32-41-34-36-57(47-21-6-4-19-44(41)47)61-52-24-9-11-26-54(52)62(55-27-12-10-25-53(55)61)59-38-37-58-49-23-8-7-22-48(49)51-29-14-30-56(59)60(51)58/h1-38H. The lowest BCUT2D eigenvalue weighted by Crippen LogP contribution is -1.93. The fourth-order valence-electron chi connectivity index (χ4n) is 10.8. The van der Waals surface area contributed by atoms with Gasteiger partial charge in [0.2, 0.25) is 0 Å². The normalized spacial score (nSPS) is 12.1. The van der Waals surface area contributed by atoms with Crippen LogP contribution >= 0.6 is 0 Å². The third-order valence-electron chi connectivity index (χ3n) is 13.5. The highest BCUT2D eigenvalue weighted by Gasteiger charge is 2.25. The second kappa shape index (κ2) is 13.7. The Hall–Kier alpha value is -8.06. The van der Waals surface area contributed by atoms with Gasteiger partial charge < -0.3 is 0 Å². The Morgan fingerprint density at radius 2 is 0.532 bits per heavy atom. The van der Waals surface area contributed by atoms with Gasteiger partial charge in [0.1, 0.15) is 0 Å². The number of benzene rings is 12. The molecule has 0 saturated heterocycles. The van der Waals surface area contributed by atoms with Gasteiger partial charge in [0.05, 0.1) is 0 Å². The first kappa shape index (κ1) is 34.8. The third-order valence-corrected chi connectivity index (χ3v) is 13.5. The predicted octanol–water partition coefficient (Wildman–Crippen LogP) is 17.4. The van der Waals surface area contributed by atoms with Crippen LogP contribution in [0.15, 0.2) is 218 Å². The van der Waals surface area contributed by atoms with Crippen molar-refractivity contribution in [2.45, 2.75) is 0 Å². The van der Waals surface area contributed by atoms with Crippen LogP contribution in [0.1, 0.15) is 11.1 Å². The van der Waals surface area contributed by atoms with Crippen LogP contribution in [0, 0.1) is 0 Å². The van der Waals surface area contributed by atoms with Crippen LogP contribution in [0.4, 0.5) is 0 Å². The van der Waals surface area contributed by atoms with Gasteiger partial charge in [0.25, 0.3) is 0 Å². The van der Waals surface area contributed by atoms with E-state index in [0.29, 0.717) is 0 Å². The second-order valence-corrected chi connectivity index (χ2v) is 16.6. The highest BCUT2D eigenvalue weighted by molar-refractivity contribution is 6.27. The molecule has 0 N–H and O–H groups in total. The summed E-state index contributed by atoms with van der Waals surface area (Å²) in [6.45, 7) is 0. The van der Waals surface area contributed by atoms with E-state index in [4.69, 9.17) is 0 Å². The Bertz CT molecular complexity index is 3770. The second-order valence-electron chi connectivity index (χ2n) is 16.6. The molecule has 0 nitrogen and oxygen atoms in total. The van der Waals surface area contributed by atoms with E-state index in [0.717, 1.165) is 0 Å². The maximum absolute atomic E-state index is 2.37. The Morgan fingerprint density at radius 3 is 1.15 bits per heavy atom. The molecular formula is C62H38. The summed E-state index contributed by atoms with van der Waals surface area (Å²) >= 11 is 0. The molecule has 12 aromatic carbocycles. The molecule has 0 aromatic heterocycles. The van der Waals surface area contributed by atoms with E-state index >= 15 is 0 Å². The van der Waals surface area contributed by atoms with Gasteiger partial charge in [-0.1, -0.05) is 231 Å². The lowest BCUT2D eigenvalue weighted by Gasteiger charge is -2.20. The Morgan fingerprint density at radius 1 is 0.194 bits per heavy atom. The number of hydrogen-bond donors (Lipinski definition) is 0. The molecule has 286 valence electrons. The molecule has 0 heteroatoms. The molecule has 0 bridgehead atoms. The van der Waals surface area contributed by atoms with E-state index in [-0.39, 0.29) is 0 Å². The van der Waals surface area contributed by atoms with Gasteiger partial charge in [-0.3, -0.25) is 0 Å². The summed E-state index contributed by atoms with van der Waals surface area (Å²) in [5, 5.41) is 15.2. The van der Waals surface area contributed by atoms with Crippen LogP contribution in [-0.2, 0) is 0 Å². The van der Waals surface area contributed by atoms with Crippen molar-refractivity contribution in [2.24, 2.45) is 0 Å². The van der Waals surface area contributed by atoms with Crippen LogP contribution in [0.2, 0.25) is 0 Å². The van der Waals surface area contributed by atoms with Crippen LogP contribution in [0.5, 0.6) is 0 Å². The molecule has 1 aliphatic carbocycles. The molecule has 0 fully saturated rings. The molecule has 0 atom stereocenters. The van der Waals surface area contributed by atoms with Gasteiger partial charge in [-0.05, 0) is 131 Å². The minimum Gasteiger partial charge on any atom is -0.0616 e. The Labute approximate surface area is 360 Å². The maximum atomic E-state index is 2.37. The molecule has 0 aliphatic heterocycles. The minimum atomic E-state index is 1.20. The Kier molecular flexibility index (Phi) is 7.71. The molecule has 0 unspecified atom stereocenters. The molecule has 0 heterocycles. The molecule has 0 saturated carbocycles. The van der Waals surface area contributed by atoms with Crippen molar-refractivity contribution in [2.75, 3.05) is 0 Å². The van der Waals surface area contributed by atoms with Crippen LogP contribution in [0.25, 0.3) is 132 Å². The summed E-state index contributed by atoms with van der Waals surface area (Å²) in [4.78, 5) is 0. The highest BCUT2D eigenvalue weighted by atomic mass is 14.3. The maximum Gasteiger partial charge on any atom is -0.00201 e. The monoisotopic (exact) mass is 782 g/mol. The average molecular weight is 783 g/mol. The zero-order valence-electron chi connectivity index (χ0n) is 33.9. The van der Waals surface area contributed by atoms with Crippen molar-refractivity contribution < 1.29 is 0 Å². The van der Waals surface area contributed by atoms with E-state index in [1.807, 2.05) is 0 Å². The quantitative estimate of drug-likeness (QED) is 0.120. The summed E-state index contributed by atoms with van der Waals surface area (Å²) in [7, 11) is 0. The summed E-state index contributed by atoms with van der Waals surface area (Å²) in [5.41, 5.74) is 15.3. The van der Waals surface area contributed by atoms with Crippen LogP contribution in [-0.4, -0.2) is 0 Å². The van der Waals surface area contributed by atoms with Gasteiger partial charge in [0.15, 0.2) is 0 Å². The molecule has 0 radical (unpaired) electrons. The zero-order valence-corrected chi connectivity index (χ0v) is 33.9. The summed E-state index contributed by atoms with van der Waals surface area (Å²) < 4.78 is 0. The van der Waals surface area contributed by atoms with Gasteiger partial charge in [-0.15, -0.1) is 0 Å². The average Bonchev–Trinajstić information content (AvgIpc) is 3.67. The van der Waals surface area contributed by atoms with Gasteiger partial charge >= 0.3 is 0 Å². The van der Waals surface area contributed by atoms with Crippen LogP contribution in [0.3, 0.4) is 0 Å². The molecular weight excluding hydrogens is 745 g/mol. The van der Waals surface area contributed by atoms with Crippen molar-refractivity contribution in [1.82, 2.24) is 0 Å². The van der Waals surface area contributed by atoms with E-state index in [1.54, 1.807) is 0 Å². The molecule has 62 heavy (non-hydrogen) atoms. The smallest absolute Gasteiger partial charge is 0.00201 e. The van der Waals surface area contributed by atoms with Crippen molar-refractivity contribution >= 4 is 76.8 Å². The molecule has 12 aromatic rings. The van der Waals surface area contributed by atoms with E-state index in [9.17, 15) is 0 Å². The van der Waals surface area contributed by atoms with Crippen molar-refractivity contribution in [3.8, 4) is 55.6 Å². The molecule has 0 amide bonds. The Balaban J connectivity index is 0.974. The first-order chi connectivity index (χ1) is 30.8. The highest BCUT2D eigenvalue weighted by Crippen LogP contribution is 2.52. The number of fused-ring (bicyclic) bond motifs is 8. The first-order valence-corrected chi connectivity index (χ1v) is 21.6. The van der Waals surface area contributed by atoms with Gasteiger partial charge in [-0.2, -0.15) is 0 Å². The van der Waals surface area contributed by atoms with E-state index in [1.165, 1.54) is 131 Å². The molecule has 13 rings (SSSR count). The summed E-state index contributed by atoms with van der Waals surface area (Å²) in [6.07, 6.45) is 4.60. The minimum absolute atomic E-state index is 1.20. The fourth-order valence-corrected chi connectivity index (χ4v) is 10.8. The van der Waals surface area contributed by atoms with Crippen LogP contribution < -0.4 is 0 Å². The van der Waals surface area contributed by atoms with E-state index in [2.05, 4.69) is 231 Å². The fraction of sp³-hybridized carbons (Fsp3) is 0. The predicted molar refractivity (Wildman–Crippen MR) is 268 cm³/mol. The lowest BCUT2D eigenvalue weighted by atomic mass is 9.83. The SMILES string of the molecule is C(=Cc1ccc(-c2c3ccccc3c(-c3ccc4c5c(cccc35)-c3ccccc3-4)c3ccccc23)c2ccccc12)c1ccc(-c2cccc3ccccc23)c2ccccc12. The van der Waals surface area contributed by atoms with Crippen molar-refractivity contribution in [1.29, 1.82) is 0 Å². The molecule has 1 aliphatic rings. The molecule has 0 spiro atoms. The summed E-state index contributed by atoms with van der Waals surface area (Å²) in [5.74, 6) is 0.